The molecule has 3 aromatic rings. The van der Waals surface area contributed by atoms with Crippen molar-refractivity contribution in [1.82, 2.24) is 29.5 Å². The Hall–Kier alpha value is -2.65. The number of amides is 1. The highest BCUT2D eigenvalue weighted by molar-refractivity contribution is 7.07. The van der Waals surface area contributed by atoms with Gasteiger partial charge in [-0.15, -0.1) is 5.10 Å². The lowest BCUT2D eigenvalue weighted by atomic mass is 10.2. The maximum Gasteiger partial charge on any atom is 0.267 e. The van der Waals surface area contributed by atoms with Gasteiger partial charge in [-0.1, -0.05) is 27.8 Å². The van der Waals surface area contributed by atoms with Crippen LogP contribution in [0.15, 0.2) is 34.9 Å². The molecule has 140 valence electrons. The monoisotopic (exact) mass is 384 g/mol. The van der Waals surface area contributed by atoms with E-state index in [2.05, 4.69) is 24.6 Å². The molecular weight excluding hydrogens is 364 g/mol. The van der Waals surface area contributed by atoms with Crippen LogP contribution in [0.1, 0.15) is 27.6 Å². The lowest BCUT2D eigenvalue weighted by Crippen LogP contribution is -2.35. The minimum Gasteiger partial charge on any atom is -0.337 e. The first-order chi connectivity index (χ1) is 13.2. The van der Waals surface area contributed by atoms with Gasteiger partial charge in [0.1, 0.15) is 4.88 Å². The molecule has 9 heteroatoms. The number of hydrogen-bond donors (Lipinski definition) is 0. The van der Waals surface area contributed by atoms with Crippen LogP contribution >= 0.6 is 11.5 Å². The van der Waals surface area contributed by atoms with Crippen molar-refractivity contribution in [2.45, 2.75) is 19.9 Å². The van der Waals surface area contributed by atoms with E-state index in [4.69, 9.17) is 4.52 Å². The van der Waals surface area contributed by atoms with Gasteiger partial charge in [0, 0.05) is 31.7 Å². The average molecular weight is 384 g/mol. The quantitative estimate of drug-likeness (QED) is 0.681. The summed E-state index contributed by atoms with van der Waals surface area (Å²) in [5.74, 6) is 1.22. The molecule has 1 saturated heterocycles. The summed E-state index contributed by atoms with van der Waals surface area (Å²) in [6, 6.07) is 9.74. The van der Waals surface area contributed by atoms with Crippen molar-refractivity contribution < 1.29 is 9.32 Å². The smallest absolute Gasteiger partial charge is 0.267 e. The molecule has 0 spiro atoms. The highest BCUT2D eigenvalue weighted by Crippen LogP contribution is 2.18. The fraction of sp³-hybridized carbons (Fsp3) is 0.389. The minimum absolute atomic E-state index is 0.0234. The van der Waals surface area contributed by atoms with Gasteiger partial charge in [0.2, 0.25) is 0 Å². The van der Waals surface area contributed by atoms with Crippen molar-refractivity contribution in [2.24, 2.45) is 0 Å². The number of aromatic nitrogens is 4. The molecular formula is C18H20N6O2S. The topological polar surface area (TPSA) is 88.3 Å². The lowest BCUT2D eigenvalue weighted by Gasteiger charge is -2.20. The number of carbonyl (C=O) groups excluding carboxylic acids is 1. The second-order valence-electron chi connectivity index (χ2n) is 6.49. The van der Waals surface area contributed by atoms with Gasteiger partial charge in [-0.05, 0) is 37.0 Å². The predicted molar refractivity (Wildman–Crippen MR) is 100 cm³/mol. The van der Waals surface area contributed by atoms with Crippen LogP contribution in [0.25, 0.3) is 11.5 Å². The van der Waals surface area contributed by atoms with E-state index in [0.717, 1.165) is 43.2 Å². The van der Waals surface area contributed by atoms with Crippen LogP contribution in [0, 0.1) is 6.92 Å². The largest absolute Gasteiger partial charge is 0.337 e. The van der Waals surface area contributed by atoms with E-state index in [-0.39, 0.29) is 5.91 Å². The van der Waals surface area contributed by atoms with E-state index in [1.807, 2.05) is 42.2 Å². The summed E-state index contributed by atoms with van der Waals surface area (Å²) in [4.78, 5) is 21.9. The Morgan fingerprint density at radius 3 is 2.81 bits per heavy atom. The Bertz CT molecular complexity index is 909. The fourth-order valence-corrected chi connectivity index (χ4v) is 3.74. The Labute approximate surface area is 161 Å². The number of hydrogen-bond acceptors (Lipinski definition) is 8. The average Bonchev–Trinajstić information content (AvgIpc) is 3.26. The SMILES string of the molecule is Cc1nnsc1C(=O)N1CCCN(Cc2noc(-c3ccccc3)n2)CC1. The van der Waals surface area contributed by atoms with Crippen LogP contribution in [-0.4, -0.2) is 61.6 Å². The summed E-state index contributed by atoms with van der Waals surface area (Å²) in [6.07, 6.45) is 0.903. The van der Waals surface area contributed by atoms with Crippen molar-refractivity contribution in [2.75, 3.05) is 26.2 Å². The van der Waals surface area contributed by atoms with Crippen LogP contribution in [0.3, 0.4) is 0 Å². The highest BCUT2D eigenvalue weighted by atomic mass is 32.1. The number of carbonyl (C=O) groups is 1. The predicted octanol–water partition coefficient (Wildman–Crippen LogP) is 2.24. The first kappa shape index (κ1) is 17.7. The lowest BCUT2D eigenvalue weighted by molar-refractivity contribution is 0.0765. The van der Waals surface area contributed by atoms with Gasteiger partial charge in [0.25, 0.3) is 11.8 Å². The zero-order valence-electron chi connectivity index (χ0n) is 15.0. The van der Waals surface area contributed by atoms with Crippen molar-refractivity contribution in [3.63, 3.8) is 0 Å². The minimum atomic E-state index is 0.0234. The molecule has 4 rings (SSSR count). The number of nitrogens with zero attached hydrogens (tertiary/aromatic N) is 6. The normalized spacial score (nSPS) is 15.7. The van der Waals surface area contributed by atoms with Crippen LogP contribution in [0.2, 0.25) is 0 Å². The highest BCUT2D eigenvalue weighted by Gasteiger charge is 2.24. The molecule has 0 saturated carbocycles. The molecule has 0 N–H and O–H groups in total. The second kappa shape index (κ2) is 7.93. The van der Waals surface area contributed by atoms with Crippen molar-refractivity contribution >= 4 is 17.4 Å². The molecule has 1 fully saturated rings. The van der Waals surface area contributed by atoms with Crippen molar-refractivity contribution in [3.8, 4) is 11.5 Å². The number of rotatable bonds is 4. The van der Waals surface area contributed by atoms with Crippen LogP contribution in [0.5, 0.6) is 0 Å². The summed E-state index contributed by atoms with van der Waals surface area (Å²) >= 11 is 1.16. The third kappa shape index (κ3) is 4.04. The molecule has 1 amide bonds. The van der Waals surface area contributed by atoms with E-state index >= 15 is 0 Å². The number of benzene rings is 1. The molecule has 1 aromatic carbocycles. The van der Waals surface area contributed by atoms with Crippen LogP contribution in [-0.2, 0) is 6.54 Å². The number of aryl methyl sites for hydroxylation is 1. The standard InChI is InChI=1S/C18H20N6O2S/c1-13-16(27-22-20-13)18(25)24-9-5-8-23(10-11-24)12-15-19-17(26-21-15)14-6-3-2-4-7-14/h2-4,6-7H,5,8-12H2,1H3. The fourth-order valence-electron chi connectivity index (χ4n) is 3.12. The van der Waals surface area contributed by atoms with Gasteiger partial charge in [0.15, 0.2) is 5.82 Å². The molecule has 8 nitrogen and oxygen atoms in total. The Balaban J connectivity index is 1.37. The van der Waals surface area contributed by atoms with Crippen LogP contribution in [0.4, 0.5) is 0 Å². The van der Waals surface area contributed by atoms with Gasteiger partial charge < -0.3 is 9.42 Å². The molecule has 3 heterocycles. The molecule has 1 aliphatic rings. The zero-order chi connectivity index (χ0) is 18.6. The van der Waals surface area contributed by atoms with E-state index < -0.39 is 0 Å². The first-order valence-electron chi connectivity index (χ1n) is 8.89. The summed E-state index contributed by atoms with van der Waals surface area (Å²) in [5.41, 5.74) is 1.61. The summed E-state index contributed by atoms with van der Waals surface area (Å²) in [7, 11) is 0. The van der Waals surface area contributed by atoms with Crippen molar-refractivity contribution in [3.05, 3.63) is 46.7 Å². The van der Waals surface area contributed by atoms with E-state index in [9.17, 15) is 4.79 Å². The molecule has 27 heavy (non-hydrogen) atoms. The molecule has 2 aromatic heterocycles. The van der Waals surface area contributed by atoms with Crippen LogP contribution < -0.4 is 0 Å². The van der Waals surface area contributed by atoms with Gasteiger partial charge >= 0.3 is 0 Å². The molecule has 0 atom stereocenters. The summed E-state index contributed by atoms with van der Waals surface area (Å²) < 4.78 is 9.25. The Morgan fingerprint density at radius 2 is 2.04 bits per heavy atom. The molecule has 0 aliphatic carbocycles. The molecule has 0 radical (unpaired) electrons. The van der Waals surface area contributed by atoms with Gasteiger partial charge in [-0.2, -0.15) is 4.98 Å². The molecule has 0 bridgehead atoms. The summed E-state index contributed by atoms with van der Waals surface area (Å²) in [5, 5.41) is 8.04. The zero-order valence-corrected chi connectivity index (χ0v) is 15.9. The van der Waals surface area contributed by atoms with Crippen molar-refractivity contribution in [1.29, 1.82) is 0 Å². The first-order valence-corrected chi connectivity index (χ1v) is 9.66. The maximum atomic E-state index is 12.7. The second-order valence-corrected chi connectivity index (χ2v) is 7.25. The van der Waals surface area contributed by atoms with E-state index in [0.29, 0.717) is 35.4 Å². The molecule has 0 unspecified atom stereocenters. The maximum absolute atomic E-state index is 12.7. The van der Waals surface area contributed by atoms with Gasteiger partial charge in [-0.25, -0.2) is 0 Å². The third-order valence-corrected chi connectivity index (χ3v) is 5.39. The third-order valence-electron chi connectivity index (χ3n) is 4.58. The Morgan fingerprint density at radius 1 is 1.19 bits per heavy atom. The van der Waals surface area contributed by atoms with E-state index in [1.165, 1.54) is 0 Å². The van der Waals surface area contributed by atoms with E-state index in [1.54, 1.807) is 0 Å². The molecule has 1 aliphatic heterocycles. The summed E-state index contributed by atoms with van der Waals surface area (Å²) in [6.45, 7) is 5.49. The van der Waals surface area contributed by atoms with Gasteiger partial charge in [0.05, 0.1) is 12.2 Å². The van der Waals surface area contributed by atoms with Gasteiger partial charge in [-0.3, -0.25) is 9.69 Å². The Kier molecular flexibility index (Phi) is 5.21.